The smallest absolute Gasteiger partial charge is 0.313 e. The number of aryl methyl sites for hydroxylation is 2. The Labute approximate surface area is 120 Å². The van der Waals surface area contributed by atoms with Crippen LogP contribution in [-0.4, -0.2) is 11.1 Å². The molecule has 0 heterocycles. The first kappa shape index (κ1) is 14.3. The van der Waals surface area contributed by atoms with Crippen LogP contribution in [-0.2, 0) is 10.2 Å². The summed E-state index contributed by atoms with van der Waals surface area (Å²) in [4.78, 5) is 11.4. The SMILES string of the molecule is Cc1ccc(-c2cccc(C(C)(C)C(=O)O)c2)cc1C. The maximum absolute atomic E-state index is 11.4. The van der Waals surface area contributed by atoms with Crippen molar-refractivity contribution in [3.63, 3.8) is 0 Å². The van der Waals surface area contributed by atoms with Crippen molar-refractivity contribution in [2.45, 2.75) is 33.1 Å². The predicted molar refractivity (Wildman–Crippen MR) is 82.0 cm³/mol. The highest BCUT2D eigenvalue weighted by molar-refractivity contribution is 5.81. The van der Waals surface area contributed by atoms with Gasteiger partial charge in [-0.25, -0.2) is 0 Å². The molecule has 2 heteroatoms. The van der Waals surface area contributed by atoms with Crippen molar-refractivity contribution in [1.82, 2.24) is 0 Å². The summed E-state index contributed by atoms with van der Waals surface area (Å²) in [5.74, 6) is -0.810. The van der Waals surface area contributed by atoms with Crippen molar-refractivity contribution in [2.24, 2.45) is 0 Å². The van der Waals surface area contributed by atoms with Gasteiger partial charge in [0.25, 0.3) is 0 Å². The van der Waals surface area contributed by atoms with E-state index in [-0.39, 0.29) is 0 Å². The number of carboxylic acid groups (broad SMARTS) is 1. The number of carbonyl (C=O) groups is 1. The van der Waals surface area contributed by atoms with E-state index in [2.05, 4.69) is 32.0 Å². The lowest BCUT2D eigenvalue weighted by molar-refractivity contribution is -0.142. The van der Waals surface area contributed by atoms with Crippen LogP contribution in [0, 0.1) is 13.8 Å². The van der Waals surface area contributed by atoms with Crippen LogP contribution in [0.25, 0.3) is 11.1 Å². The fourth-order valence-corrected chi connectivity index (χ4v) is 2.13. The predicted octanol–water partition coefficient (Wildman–Crippen LogP) is 4.33. The van der Waals surface area contributed by atoms with E-state index in [9.17, 15) is 9.90 Å². The van der Waals surface area contributed by atoms with Crippen LogP contribution in [0.3, 0.4) is 0 Å². The molecular weight excluding hydrogens is 248 g/mol. The van der Waals surface area contributed by atoms with Gasteiger partial charge in [0, 0.05) is 0 Å². The molecule has 0 saturated carbocycles. The maximum Gasteiger partial charge on any atom is 0.313 e. The summed E-state index contributed by atoms with van der Waals surface area (Å²) in [5.41, 5.74) is 4.62. The summed E-state index contributed by atoms with van der Waals surface area (Å²) in [6, 6.07) is 14.1. The summed E-state index contributed by atoms with van der Waals surface area (Å²) in [5, 5.41) is 9.34. The Kier molecular flexibility index (Phi) is 3.67. The highest BCUT2D eigenvalue weighted by Crippen LogP contribution is 2.29. The Bertz CT molecular complexity index is 654. The highest BCUT2D eigenvalue weighted by Gasteiger charge is 2.29. The molecule has 1 N–H and O–H groups in total. The first-order chi connectivity index (χ1) is 9.32. The summed E-state index contributed by atoms with van der Waals surface area (Å²) >= 11 is 0. The zero-order chi connectivity index (χ0) is 14.9. The molecule has 0 atom stereocenters. The van der Waals surface area contributed by atoms with Gasteiger partial charge in [0.15, 0.2) is 0 Å². The Morgan fingerprint density at radius 3 is 2.20 bits per heavy atom. The molecule has 0 aliphatic heterocycles. The van der Waals surface area contributed by atoms with Gasteiger partial charge in [0.2, 0.25) is 0 Å². The quantitative estimate of drug-likeness (QED) is 0.899. The lowest BCUT2D eigenvalue weighted by Gasteiger charge is -2.20. The molecule has 0 fully saturated rings. The summed E-state index contributed by atoms with van der Waals surface area (Å²) in [6.45, 7) is 7.64. The number of aliphatic carboxylic acids is 1. The molecular formula is C18H20O2. The second-order valence-electron chi connectivity index (χ2n) is 5.81. The molecule has 0 bridgehead atoms. The Balaban J connectivity index is 2.49. The van der Waals surface area contributed by atoms with E-state index in [1.165, 1.54) is 11.1 Å². The summed E-state index contributed by atoms with van der Waals surface area (Å²) in [6.07, 6.45) is 0. The third-order valence-electron chi connectivity index (χ3n) is 3.96. The van der Waals surface area contributed by atoms with Crippen molar-refractivity contribution >= 4 is 5.97 Å². The first-order valence-corrected chi connectivity index (χ1v) is 6.74. The standard InChI is InChI=1S/C18H20O2/c1-12-8-9-15(10-13(12)2)14-6-5-7-16(11-14)18(3,4)17(19)20/h5-11H,1-4H3,(H,19,20). The first-order valence-electron chi connectivity index (χ1n) is 6.74. The molecule has 20 heavy (non-hydrogen) atoms. The van der Waals surface area contributed by atoms with Crippen LogP contribution in [0.5, 0.6) is 0 Å². The van der Waals surface area contributed by atoms with Crippen molar-refractivity contribution in [2.75, 3.05) is 0 Å². The molecule has 0 aliphatic carbocycles. The van der Waals surface area contributed by atoms with Crippen molar-refractivity contribution in [1.29, 1.82) is 0 Å². The summed E-state index contributed by atoms with van der Waals surface area (Å²) in [7, 11) is 0. The molecule has 2 aromatic carbocycles. The van der Waals surface area contributed by atoms with Gasteiger partial charge in [-0.3, -0.25) is 4.79 Å². The monoisotopic (exact) mass is 268 g/mol. The van der Waals surface area contributed by atoms with Crippen LogP contribution in [0.4, 0.5) is 0 Å². The highest BCUT2D eigenvalue weighted by atomic mass is 16.4. The summed E-state index contributed by atoms with van der Waals surface area (Å²) < 4.78 is 0. The fourth-order valence-electron chi connectivity index (χ4n) is 2.13. The third kappa shape index (κ3) is 2.60. The topological polar surface area (TPSA) is 37.3 Å². The number of benzene rings is 2. The Hall–Kier alpha value is -2.09. The molecule has 2 aromatic rings. The molecule has 0 spiro atoms. The van der Waals surface area contributed by atoms with Crippen molar-refractivity contribution in [3.8, 4) is 11.1 Å². The fraction of sp³-hybridized carbons (Fsp3) is 0.278. The molecule has 104 valence electrons. The minimum atomic E-state index is -0.879. The van der Waals surface area contributed by atoms with E-state index >= 15 is 0 Å². The minimum Gasteiger partial charge on any atom is -0.481 e. The average molecular weight is 268 g/mol. The third-order valence-corrected chi connectivity index (χ3v) is 3.96. The number of hydrogen-bond donors (Lipinski definition) is 1. The molecule has 2 rings (SSSR count). The van der Waals surface area contributed by atoms with Gasteiger partial charge in [0.05, 0.1) is 5.41 Å². The molecule has 0 aromatic heterocycles. The van der Waals surface area contributed by atoms with Gasteiger partial charge in [-0.05, 0) is 55.5 Å². The van der Waals surface area contributed by atoms with Crippen LogP contribution in [0.1, 0.15) is 30.5 Å². The van der Waals surface area contributed by atoms with E-state index in [1.54, 1.807) is 13.8 Å². The maximum atomic E-state index is 11.4. The lowest BCUT2D eigenvalue weighted by atomic mass is 9.83. The second kappa shape index (κ2) is 5.12. The minimum absolute atomic E-state index is 0.810. The second-order valence-corrected chi connectivity index (χ2v) is 5.81. The van der Waals surface area contributed by atoms with Gasteiger partial charge in [-0.15, -0.1) is 0 Å². The van der Waals surface area contributed by atoms with Gasteiger partial charge in [-0.1, -0.05) is 42.5 Å². The normalized spacial score (nSPS) is 11.4. The zero-order valence-electron chi connectivity index (χ0n) is 12.4. The Morgan fingerprint density at radius 1 is 0.950 bits per heavy atom. The Morgan fingerprint density at radius 2 is 1.60 bits per heavy atom. The number of hydrogen-bond acceptors (Lipinski definition) is 1. The molecule has 2 nitrogen and oxygen atoms in total. The van der Waals surface area contributed by atoms with Gasteiger partial charge in [0.1, 0.15) is 0 Å². The van der Waals surface area contributed by atoms with Crippen LogP contribution in [0.15, 0.2) is 42.5 Å². The molecule has 0 amide bonds. The number of carboxylic acids is 1. The van der Waals surface area contributed by atoms with E-state index < -0.39 is 11.4 Å². The van der Waals surface area contributed by atoms with Gasteiger partial charge >= 0.3 is 5.97 Å². The molecule has 0 aliphatic rings. The molecule has 0 saturated heterocycles. The van der Waals surface area contributed by atoms with E-state index in [0.717, 1.165) is 16.7 Å². The van der Waals surface area contributed by atoms with Gasteiger partial charge < -0.3 is 5.11 Å². The largest absolute Gasteiger partial charge is 0.481 e. The van der Waals surface area contributed by atoms with Crippen molar-refractivity contribution < 1.29 is 9.90 Å². The molecule has 0 radical (unpaired) electrons. The van der Waals surface area contributed by atoms with E-state index in [1.807, 2.05) is 24.3 Å². The van der Waals surface area contributed by atoms with E-state index in [4.69, 9.17) is 0 Å². The average Bonchev–Trinajstić information content (AvgIpc) is 2.42. The van der Waals surface area contributed by atoms with Crippen molar-refractivity contribution in [3.05, 3.63) is 59.2 Å². The van der Waals surface area contributed by atoms with E-state index in [0.29, 0.717) is 0 Å². The number of rotatable bonds is 3. The van der Waals surface area contributed by atoms with Gasteiger partial charge in [-0.2, -0.15) is 0 Å². The van der Waals surface area contributed by atoms with Crippen LogP contribution >= 0.6 is 0 Å². The van der Waals surface area contributed by atoms with Crippen LogP contribution in [0.2, 0.25) is 0 Å². The molecule has 0 unspecified atom stereocenters. The zero-order valence-corrected chi connectivity index (χ0v) is 12.4. The van der Waals surface area contributed by atoms with Crippen LogP contribution < -0.4 is 0 Å². The lowest BCUT2D eigenvalue weighted by Crippen LogP contribution is -2.28.